The Kier molecular flexibility index (Phi) is 4.79. The lowest BCUT2D eigenvalue weighted by molar-refractivity contribution is 0.739. The second-order valence-electron chi connectivity index (χ2n) is 4.93. The van der Waals surface area contributed by atoms with E-state index in [0.717, 1.165) is 23.3 Å². The molecule has 108 valence electrons. The van der Waals surface area contributed by atoms with Gasteiger partial charge in [-0.05, 0) is 24.5 Å². The molecule has 0 saturated heterocycles. The number of pyridine rings is 1. The number of hydrogen-bond acceptors (Lipinski definition) is 3. The van der Waals surface area contributed by atoms with Crippen LogP contribution in [0.15, 0.2) is 29.4 Å². The van der Waals surface area contributed by atoms with Crippen molar-refractivity contribution < 1.29 is 0 Å². The second-order valence-corrected chi connectivity index (χ2v) is 4.93. The van der Waals surface area contributed by atoms with Crippen LogP contribution < -0.4 is 10.6 Å². The number of halogens is 1. The van der Waals surface area contributed by atoms with E-state index in [1.807, 2.05) is 28.8 Å². The van der Waals surface area contributed by atoms with Crippen molar-refractivity contribution in [1.29, 1.82) is 0 Å². The summed E-state index contributed by atoms with van der Waals surface area (Å²) in [6.07, 6.45) is 3.18. The molecule has 0 radical (unpaired) electrons. The molecule has 1 aliphatic rings. The molecular weight excluding hydrogens is 367 g/mol. The van der Waals surface area contributed by atoms with Crippen molar-refractivity contribution in [3.8, 4) is 0 Å². The van der Waals surface area contributed by atoms with Gasteiger partial charge in [0.1, 0.15) is 0 Å². The molecule has 1 fully saturated rings. The summed E-state index contributed by atoms with van der Waals surface area (Å²) in [5, 5.41) is 15.0. The molecule has 2 aromatic heterocycles. The van der Waals surface area contributed by atoms with Crippen molar-refractivity contribution in [2.45, 2.75) is 25.9 Å². The maximum absolute atomic E-state index is 4.22. The highest BCUT2D eigenvalue weighted by Crippen LogP contribution is 2.28. The number of hydrogen-bond donors (Lipinski definition) is 2. The van der Waals surface area contributed by atoms with E-state index in [9.17, 15) is 0 Å². The molecular formula is C13H19IN6. The fourth-order valence-corrected chi connectivity index (χ4v) is 2.07. The van der Waals surface area contributed by atoms with E-state index in [1.54, 1.807) is 7.05 Å². The van der Waals surface area contributed by atoms with Crippen LogP contribution in [0.1, 0.15) is 19.2 Å². The lowest BCUT2D eigenvalue weighted by Gasteiger charge is -2.10. The molecule has 1 aliphatic carbocycles. The topological polar surface area (TPSA) is 66.6 Å². The van der Waals surface area contributed by atoms with Crippen LogP contribution in [0, 0.1) is 5.92 Å². The Morgan fingerprint density at radius 2 is 2.25 bits per heavy atom. The first kappa shape index (κ1) is 15.0. The highest BCUT2D eigenvalue weighted by Gasteiger charge is 2.33. The van der Waals surface area contributed by atoms with Crippen molar-refractivity contribution in [3.63, 3.8) is 0 Å². The third kappa shape index (κ3) is 3.20. The summed E-state index contributed by atoms with van der Waals surface area (Å²) in [5.74, 6) is 2.44. The maximum Gasteiger partial charge on any atom is 0.191 e. The Labute approximate surface area is 135 Å². The van der Waals surface area contributed by atoms with E-state index in [1.165, 1.54) is 6.42 Å². The SMILES string of the molecule is CN=C(NCc1nnc2ccccn12)NC1CC1C.I. The second kappa shape index (κ2) is 6.38. The number of nitrogens with one attached hydrogen (secondary N) is 2. The normalized spacial score (nSPS) is 21.4. The Balaban J connectivity index is 0.00000147. The average Bonchev–Trinajstić information content (AvgIpc) is 2.98. The summed E-state index contributed by atoms with van der Waals surface area (Å²) in [7, 11) is 1.78. The van der Waals surface area contributed by atoms with E-state index in [0.29, 0.717) is 12.6 Å². The monoisotopic (exact) mass is 386 g/mol. The number of nitrogens with zero attached hydrogens (tertiary/aromatic N) is 4. The summed E-state index contributed by atoms with van der Waals surface area (Å²) in [5.41, 5.74) is 0.859. The van der Waals surface area contributed by atoms with Crippen LogP contribution in [0.5, 0.6) is 0 Å². The molecule has 6 nitrogen and oxygen atoms in total. The highest BCUT2D eigenvalue weighted by atomic mass is 127. The molecule has 20 heavy (non-hydrogen) atoms. The molecule has 7 heteroatoms. The Bertz CT molecular complexity index is 608. The van der Waals surface area contributed by atoms with E-state index in [-0.39, 0.29) is 24.0 Å². The van der Waals surface area contributed by atoms with Gasteiger partial charge < -0.3 is 10.6 Å². The molecule has 2 unspecified atom stereocenters. The van der Waals surface area contributed by atoms with Gasteiger partial charge in [0.2, 0.25) is 0 Å². The first-order valence-corrected chi connectivity index (χ1v) is 6.54. The van der Waals surface area contributed by atoms with Gasteiger partial charge >= 0.3 is 0 Å². The van der Waals surface area contributed by atoms with Crippen LogP contribution in [-0.2, 0) is 6.54 Å². The number of fused-ring (bicyclic) bond motifs is 1. The molecule has 0 aliphatic heterocycles. The molecule has 3 rings (SSSR count). The summed E-state index contributed by atoms with van der Waals surface area (Å²) in [6, 6.07) is 6.42. The lowest BCUT2D eigenvalue weighted by Crippen LogP contribution is -2.38. The Morgan fingerprint density at radius 3 is 2.95 bits per heavy atom. The van der Waals surface area contributed by atoms with Gasteiger partial charge in [-0.2, -0.15) is 0 Å². The van der Waals surface area contributed by atoms with Crippen molar-refractivity contribution in [2.75, 3.05) is 7.05 Å². The summed E-state index contributed by atoms with van der Waals surface area (Å²) in [6.45, 7) is 2.84. The van der Waals surface area contributed by atoms with Gasteiger partial charge in [-0.25, -0.2) is 0 Å². The van der Waals surface area contributed by atoms with Gasteiger partial charge in [0.05, 0.1) is 6.54 Å². The van der Waals surface area contributed by atoms with Gasteiger partial charge in [0, 0.05) is 19.3 Å². The summed E-state index contributed by atoms with van der Waals surface area (Å²) < 4.78 is 1.97. The van der Waals surface area contributed by atoms with Crippen molar-refractivity contribution >= 4 is 35.6 Å². The molecule has 1 saturated carbocycles. The van der Waals surface area contributed by atoms with E-state index in [2.05, 4.69) is 32.7 Å². The molecule has 2 atom stereocenters. The standard InChI is InChI=1S/C13H18N6.HI/c1-9-7-10(9)16-13(14-2)15-8-12-18-17-11-5-3-4-6-19(11)12;/h3-6,9-10H,7-8H2,1-2H3,(H2,14,15,16);1H. The predicted molar refractivity (Wildman–Crippen MR) is 89.3 cm³/mol. The quantitative estimate of drug-likeness (QED) is 0.476. The van der Waals surface area contributed by atoms with E-state index < -0.39 is 0 Å². The lowest BCUT2D eigenvalue weighted by atomic mass is 10.4. The molecule has 0 spiro atoms. The largest absolute Gasteiger partial charge is 0.353 e. The minimum Gasteiger partial charge on any atom is -0.353 e. The smallest absolute Gasteiger partial charge is 0.191 e. The number of guanidine groups is 1. The summed E-state index contributed by atoms with van der Waals surface area (Å²) >= 11 is 0. The fraction of sp³-hybridized carbons (Fsp3) is 0.462. The molecule has 2 N–H and O–H groups in total. The molecule has 0 bridgehead atoms. The van der Waals surface area contributed by atoms with Crippen LogP contribution in [0.25, 0.3) is 5.65 Å². The van der Waals surface area contributed by atoms with E-state index >= 15 is 0 Å². The highest BCUT2D eigenvalue weighted by molar-refractivity contribution is 14.0. The summed E-state index contributed by atoms with van der Waals surface area (Å²) in [4.78, 5) is 4.22. The van der Waals surface area contributed by atoms with Crippen LogP contribution in [0.2, 0.25) is 0 Å². The number of aromatic nitrogens is 3. The van der Waals surface area contributed by atoms with Gasteiger partial charge in [0.15, 0.2) is 17.4 Å². The number of aliphatic imine (C=N–C) groups is 1. The van der Waals surface area contributed by atoms with Crippen LogP contribution >= 0.6 is 24.0 Å². The van der Waals surface area contributed by atoms with Gasteiger partial charge in [0.25, 0.3) is 0 Å². The van der Waals surface area contributed by atoms with Crippen molar-refractivity contribution in [1.82, 2.24) is 25.2 Å². The Hall–Kier alpha value is -1.38. The minimum atomic E-state index is 0. The third-order valence-corrected chi connectivity index (χ3v) is 3.45. The minimum absolute atomic E-state index is 0. The third-order valence-electron chi connectivity index (χ3n) is 3.45. The van der Waals surface area contributed by atoms with Gasteiger partial charge in [-0.15, -0.1) is 34.2 Å². The zero-order valence-electron chi connectivity index (χ0n) is 11.6. The van der Waals surface area contributed by atoms with E-state index in [4.69, 9.17) is 0 Å². The van der Waals surface area contributed by atoms with Crippen LogP contribution in [0.3, 0.4) is 0 Å². The fourth-order valence-electron chi connectivity index (χ4n) is 2.07. The molecule has 0 aromatic carbocycles. The van der Waals surface area contributed by atoms with Gasteiger partial charge in [-0.3, -0.25) is 9.39 Å². The van der Waals surface area contributed by atoms with Crippen molar-refractivity contribution in [3.05, 3.63) is 30.2 Å². The number of rotatable bonds is 3. The molecule has 0 amide bonds. The Morgan fingerprint density at radius 1 is 1.45 bits per heavy atom. The van der Waals surface area contributed by atoms with Crippen LogP contribution in [0.4, 0.5) is 0 Å². The zero-order chi connectivity index (χ0) is 13.2. The maximum atomic E-state index is 4.22. The first-order valence-electron chi connectivity index (χ1n) is 6.54. The van der Waals surface area contributed by atoms with Crippen molar-refractivity contribution in [2.24, 2.45) is 10.9 Å². The predicted octanol–water partition coefficient (Wildman–Crippen LogP) is 1.42. The van der Waals surface area contributed by atoms with Crippen LogP contribution in [-0.4, -0.2) is 33.6 Å². The van der Waals surface area contributed by atoms with Gasteiger partial charge in [-0.1, -0.05) is 13.0 Å². The molecule has 2 aromatic rings. The zero-order valence-corrected chi connectivity index (χ0v) is 13.9. The first-order chi connectivity index (χ1) is 9.28. The molecule has 2 heterocycles. The average molecular weight is 386 g/mol.